The van der Waals surface area contributed by atoms with Crippen molar-refractivity contribution in [3.63, 3.8) is 0 Å². The van der Waals surface area contributed by atoms with E-state index in [-0.39, 0.29) is 29.8 Å². The van der Waals surface area contributed by atoms with E-state index >= 15 is 0 Å². The molecule has 3 atom stereocenters. The van der Waals surface area contributed by atoms with E-state index in [0.717, 1.165) is 24.8 Å². The van der Waals surface area contributed by atoms with Gasteiger partial charge < -0.3 is 10.6 Å². The number of hydrogen-bond acceptors (Lipinski definition) is 4. The number of aromatic nitrogens is 4. The zero-order valence-corrected chi connectivity index (χ0v) is 13.3. The molecule has 2 fully saturated rings. The molecule has 7 nitrogen and oxygen atoms in total. The maximum Gasteiger partial charge on any atom is 0.315 e. The maximum atomic E-state index is 13.0. The Bertz CT molecular complexity index is 741. The monoisotopic (exact) mass is 330 g/mol. The largest absolute Gasteiger partial charge is 0.335 e. The van der Waals surface area contributed by atoms with Crippen molar-refractivity contribution in [2.24, 2.45) is 0 Å². The normalized spacial score (nSPS) is 23.6. The van der Waals surface area contributed by atoms with Crippen LogP contribution in [0.1, 0.15) is 55.6 Å². The number of halogens is 1. The second kappa shape index (κ2) is 5.85. The molecule has 2 N–H and O–H groups in total. The first-order valence-corrected chi connectivity index (χ1v) is 8.22. The van der Waals surface area contributed by atoms with Crippen LogP contribution in [0.5, 0.6) is 0 Å². The van der Waals surface area contributed by atoms with Crippen molar-refractivity contribution in [3.8, 4) is 0 Å². The first kappa shape index (κ1) is 15.0. The molecule has 0 bridgehead atoms. The number of urea groups is 1. The fraction of sp³-hybridized carbons (Fsp3) is 0.500. The molecule has 2 aliphatic carbocycles. The number of hydrogen-bond donors (Lipinski definition) is 2. The molecular formula is C16H19FN6O. The maximum absolute atomic E-state index is 13.0. The number of rotatable bonds is 5. The minimum Gasteiger partial charge on any atom is -0.335 e. The molecule has 0 spiro atoms. The van der Waals surface area contributed by atoms with Crippen LogP contribution in [0, 0.1) is 5.82 Å². The average Bonchev–Trinajstić information content (AvgIpc) is 3.48. The van der Waals surface area contributed by atoms with Gasteiger partial charge in [-0.3, -0.25) is 0 Å². The van der Waals surface area contributed by atoms with Crippen molar-refractivity contribution < 1.29 is 9.18 Å². The molecule has 0 unspecified atom stereocenters. The van der Waals surface area contributed by atoms with Crippen LogP contribution in [-0.2, 0) is 0 Å². The molecule has 0 aliphatic heterocycles. The summed E-state index contributed by atoms with van der Waals surface area (Å²) in [7, 11) is 0. The van der Waals surface area contributed by atoms with Crippen LogP contribution in [0.3, 0.4) is 0 Å². The van der Waals surface area contributed by atoms with Crippen LogP contribution in [-0.4, -0.2) is 32.3 Å². The van der Waals surface area contributed by atoms with Gasteiger partial charge in [-0.25, -0.2) is 13.9 Å². The summed E-state index contributed by atoms with van der Waals surface area (Å²) in [5.74, 6) is 0.686. The first-order chi connectivity index (χ1) is 11.6. The summed E-state index contributed by atoms with van der Waals surface area (Å²) in [6.07, 6.45) is 3.03. The lowest BCUT2D eigenvalue weighted by molar-refractivity contribution is 0.236. The molecule has 126 valence electrons. The van der Waals surface area contributed by atoms with E-state index in [9.17, 15) is 9.18 Å². The topological polar surface area (TPSA) is 84.7 Å². The molecule has 2 amide bonds. The van der Waals surface area contributed by atoms with Gasteiger partial charge in [-0.1, -0.05) is 12.1 Å². The summed E-state index contributed by atoms with van der Waals surface area (Å²) >= 11 is 0. The summed E-state index contributed by atoms with van der Waals surface area (Å²) in [6.45, 7) is 1.87. The second-order valence-corrected chi connectivity index (χ2v) is 6.55. The zero-order valence-electron chi connectivity index (χ0n) is 13.3. The smallest absolute Gasteiger partial charge is 0.315 e. The molecular weight excluding hydrogens is 311 g/mol. The summed E-state index contributed by atoms with van der Waals surface area (Å²) in [4.78, 5) is 12.2. The molecule has 2 aromatic rings. The molecule has 1 aromatic carbocycles. The van der Waals surface area contributed by atoms with E-state index in [1.54, 1.807) is 16.8 Å². The van der Waals surface area contributed by atoms with Gasteiger partial charge in [0.15, 0.2) is 5.82 Å². The Hall–Kier alpha value is -2.51. The lowest BCUT2D eigenvalue weighted by Crippen LogP contribution is -2.39. The van der Waals surface area contributed by atoms with Crippen LogP contribution in [0.4, 0.5) is 9.18 Å². The van der Waals surface area contributed by atoms with Gasteiger partial charge in [-0.15, -0.1) is 5.10 Å². The van der Waals surface area contributed by atoms with Crippen LogP contribution in [0.15, 0.2) is 24.3 Å². The van der Waals surface area contributed by atoms with Gasteiger partial charge in [0.1, 0.15) is 5.82 Å². The minimum atomic E-state index is -0.261. The van der Waals surface area contributed by atoms with E-state index in [1.165, 1.54) is 12.1 Å². The zero-order chi connectivity index (χ0) is 16.7. The highest BCUT2D eigenvalue weighted by Crippen LogP contribution is 2.40. The molecule has 1 heterocycles. The molecule has 2 saturated carbocycles. The number of carbonyl (C=O) groups is 1. The third-order valence-corrected chi connectivity index (χ3v) is 4.55. The Morgan fingerprint density at radius 2 is 2.08 bits per heavy atom. The molecule has 4 rings (SSSR count). The SMILES string of the molecule is C[C@H](NC(=O)N[C@@H]1C[C@H]1c1ccc(F)cc1)c1nnnn1C1CC1. The van der Waals surface area contributed by atoms with Crippen molar-refractivity contribution in [3.05, 3.63) is 41.5 Å². The van der Waals surface area contributed by atoms with Gasteiger partial charge in [0, 0.05) is 12.0 Å². The third-order valence-electron chi connectivity index (χ3n) is 4.55. The number of carbonyl (C=O) groups excluding carboxylic acids is 1. The Morgan fingerprint density at radius 1 is 1.33 bits per heavy atom. The second-order valence-electron chi connectivity index (χ2n) is 6.55. The van der Waals surface area contributed by atoms with E-state index in [0.29, 0.717) is 11.9 Å². The Morgan fingerprint density at radius 3 is 2.79 bits per heavy atom. The van der Waals surface area contributed by atoms with E-state index in [4.69, 9.17) is 0 Å². The molecule has 8 heteroatoms. The van der Waals surface area contributed by atoms with Crippen molar-refractivity contribution in [2.75, 3.05) is 0 Å². The van der Waals surface area contributed by atoms with Crippen LogP contribution in [0.25, 0.3) is 0 Å². The highest BCUT2D eigenvalue weighted by molar-refractivity contribution is 5.75. The van der Waals surface area contributed by atoms with E-state index in [1.807, 2.05) is 6.92 Å². The van der Waals surface area contributed by atoms with Crippen LogP contribution >= 0.6 is 0 Å². The molecule has 0 saturated heterocycles. The molecule has 2 aliphatic rings. The van der Waals surface area contributed by atoms with Crippen molar-refractivity contribution in [1.29, 1.82) is 0 Å². The van der Waals surface area contributed by atoms with Gasteiger partial charge in [-0.2, -0.15) is 0 Å². The summed E-state index contributed by atoms with van der Waals surface area (Å²) in [6, 6.07) is 6.40. The lowest BCUT2D eigenvalue weighted by atomic mass is 10.1. The van der Waals surface area contributed by atoms with Gasteiger partial charge in [0.2, 0.25) is 0 Å². The van der Waals surface area contributed by atoms with Gasteiger partial charge >= 0.3 is 6.03 Å². The summed E-state index contributed by atoms with van der Waals surface area (Å²) in [5.41, 5.74) is 1.05. The Balaban J connectivity index is 1.31. The number of amides is 2. The third kappa shape index (κ3) is 3.08. The number of tetrazole rings is 1. The van der Waals surface area contributed by atoms with Crippen LogP contribution in [0.2, 0.25) is 0 Å². The van der Waals surface area contributed by atoms with Crippen LogP contribution < -0.4 is 10.6 Å². The summed E-state index contributed by atoms with van der Waals surface area (Å²) in [5, 5.41) is 17.6. The highest BCUT2D eigenvalue weighted by Gasteiger charge is 2.39. The molecule has 0 radical (unpaired) electrons. The predicted molar refractivity (Wildman–Crippen MR) is 83.7 cm³/mol. The predicted octanol–water partition coefficient (Wildman–Crippen LogP) is 2.06. The standard InChI is InChI=1S/C16H19FN6O/c1-9(15-20-21-22-23(15)12-6-7-12)18-16(24)19-14-8-13(14)10-2-4-11(17)5-3-10/h2-5,9,12-14H,6-8H2,1H3,(H2,18,19,24)/t9-,13-,14+/m0/s1. The first-order valence-electron chi connectivity index (χ1n) is 8.22. The van der Waals surface area contributed by atoms with E-state index in [2.05, 4.69) is 26.2 Å². The highest BCUT2D eigenvalue weighted by atomic mass is 19.1. The summed E-state index contributed by atoms with van der Waals surface area (Å²) < 4.78 is 14.7. The minimum absolute atomic E-state index is 0.0853. The Labute approximate surface area is 138 Å². The average molecular weight is 330 g/mol. The van der Waals surface area contributed by atoms with Gasteiger partial charge in [0.05, 0.1) is 12.1 Å². The quantitative estimate of drug-likeness (QED) is 0.879. The van der Waals surface area contributed by atoms with Gasteiger partial charge in [0.25, 0.3) is 0 Å². The van der Waals surface area contributed by atoms with Gasteiger partial charge in [-0.05, 0) is 54.3 Å². The molecule has 1 aromatic heterocycles. The molecule has 24 heavy (non-hydrogen) atoms. The fourth-order valence-electron chi connectivity index (χ4n) is 2.97. The fourth-order valence-corrected chi connectivity index (χ4v) is 2.97. The number of benzene rings is 1. The number of nitrogens with one attached hydrogen (secondary N) is 2. The lowest BCUT2D eigenvalue weighted by Gasteiger charge is -2.14. The number of nitrogens with zero attached hydrogens (tertiary/aromatic N) is 4. The van der Waals surface area contributed by atoms with Crippen molar-refractivity contribution in [2.45, 2.75) is 50.2 Å². The Kier molecular flexibility index (Phi) is 3.66. The van der Waals surface area contributed by atoms with Crippen molar-refractivity contribution in [1.82, 2.24) is 30.8 Å². The van der Waals surface area contributed by atoms with Crippen molar-refractivity contribution >= 4 is 6.03 Å². The van der Waals surface area contributed by atoms with E-state index < -0.39 is 0 Å².